The van der Waals surface area contributed by atoms with Crippen molar-refractivity contribution >= 4 is 23.5 Å². The Hall–Kier alpha value is -1.76. The maximum Gasteiger partial charge on any atom is 0.328 e. The van der Waals surface area contributed by atoms with E-state index < -0.39 is 11.9 Å². The molecule has 0 atom stereocenters. The molecular formula is C6H6N2O4S. The summed E-state index contributed by atoms with van der Waals surface area (Å²) in [7, 11) is 0. The molecule has 0 spiro atoms. The Morgan fingerprint density at radius 3 is 1.92 bits per heavy atom. The van der Waals surface area contributed by atoms with E-state index in [2.05, 4.69) is 9.59 Å². The van der Waals surface area contributed by atoms with Crippen molar-refractivity contribution in [3.8, 4) is 0 Å². The zero-order valence-corrected chi connectivity index (χ0v) is 7.14. The van der Waals surface area contributed by atoms with Gasteiger partial charge >= 0.3 is 11.9 Å². The summed E-state index contributed by atoms with van der Waals surface area (Å²) in [5.74, 6) is -2.51. The minimum absolute atomic E-state index is 0.558. The van der Waals surface area contributed by atoms with Crippen molar-refractivity contribution in [1.29, 1.82) is 0 Å². The maximum atomic E-state index is 9.55. The van der Waals surface area contributed by atoms with E-state index in [1.165, 1.54) is 11.5 Å². The van der Waals surface area contributed by atoms with Crippen LogP contribution in [-0.4, -0.2) is 31.7 Å². The lowest BCUT2D eigenvalue weighted by molar-refractivity contribution is -0.134. The van der Waals surface area contributed by atoms with Gasteiger partial charge in [0.2, 0.25) is 0 Å². The first kappa shape index (κ1) is 11.2. The molecule has 0 aliphatic rings. The molecule has 1 aromatic rings. The van der Waals surface area contributed by atoms with Crippen LogP contribution in [-0.2, 0) is 9.59 Å². The Kier molecular flexibility index (Phi) is 5.98. The lowest BCUT2D eigenvalue weighted by Crippen LogP contribution is -1.91. The summed E-state index contributed by atoms with van der Waals surface area (Å²) in [5, 5.41) is 20.9. The third-order valence-corrected chi connectivity index (χ3v) is 1.08. The van der Waals surface area contributed by atoms with Gasteiger partial charge in [-0.25, -0.2) is 9.59 Å². The molecule has 2 N–H and O–H groups in total. The molecule has 6 nitrogen and oxygen atoms in total. The fraction of sp³-hybridized carbons (Fsp3) is 0. The monoisotopic (exact) mass is 202 g/mol. The van der Waals surface area contributed by atoms with Crippen LogP contribution in [0.3, 0.4) is 0 Å². The fourth-order valence-electron chi connectivity index (χ4n) is 0.279. The van der Waals surface area contributed by atoms with Gasteiger partial charge < -0.3 is 10.2 Å². The Morgan fingerprint density at radius 1 is 1.23 bits per heavy atom. The van der Waals surface area contributed by atoms with Gasteiger partial charge in [0.05, 0.1) is 6.20 Å². The van der Waals surface area contributed by atoms with Crippen molar-refractivity contribution in [3.63, 3.8) is 0 Å². The normalized spacial score (nSPS) is 8.92. The van der Waals surface area contributed by atoms with Gasteiger partial charge in [0, 0.05) is 17.5 Å². The fourth-order valence-corrected chi connectivity index (χ4v) is 0.551. The second-order valence-electron chi connectivity index (χ2n) is 1.60. The van der Waals surface area contributed by atoms with Gasteiger partial charge in [0.25, 0.3) is 0 Å². The van der Waals surface area contributed by atoms with Crippen LogP contribution in [0.25, 0.3) is 0 Å². The predicted molar refractivity (Wildman–Crippen MR) is 44.3 cm³/mol. The number of carbonyl (C=O) groups is 2. The van der Waals surface area contributed by atoms with Gasteiger partial charge in [-0.05, 0) is 11.5 Å². The molecule has 0 bridgehead atoms. The minimum atomic E-state index is -1.26. The van der Waals surface area contributed by atoms with Crippen molar-refractivity contribution in [2.24, 2.45) is 0 Å². The van der Waals surface area contributed by atoms with E-state index in [1.807, 2.05) is 5.38 Å². The van der Waals surface area contributed by atoms with E-state index in [-0.39, 0.29) is 0 Å². The number of aliphatic carboxylic acids is 2. The van der Waals surface area contributed by atoms with Gasteiger partial charge in [-0.3, -0.25) is 0 Å². The van der Waals surface area contributed by atoms with Crippen LogP contribution in [0.15, 0.2) is 23.7 Å². The highest BCUT2D eigenvalue weighted by Crippen LogP contribution is 1.78. The molecule has 0 saturated heterocycles. The van der Waals surface area contributed by atoms with Crippen molar-refractivity contribution in [3.05, 3.63) is 23.7 Å². The lowest BCUT2D eigenvalue weighted by Gasteiger charge is -1.74. The number of carboxylic acids is 2. The van der Waals surface area contributed by atoms with E-state index >= 15 is 0 Å². The van der Waals surface area contributed by atoms with Crippen LogP contribution in [0, 0.1) is 0 Å². The highest BCUT2D eigenvalue weighted by atomic mass is 32.1. The largest absolute Gasteiger partial charge is 0.478 e. The zero-order chi connectivity index (χ0) is 10.1. The highest BCUT2D eigenvalue weighted by Gasteiger charge is 1.88. The summed E-state index contributed by atoms with van der Waals surface area (Å²) in [6.07, 6.45) is 2.77. The number of carboxylic acid groups (broad SMARTS) is 2. The van der Waals surface area contributed by atoms with E-state index in [0.29, 0.717) is 12.2 Å². The molecular weight excluding hydrogens is 196 g/mol. The van der Waals surface area contributed by atoms with Crippen molar-refractivity contribution < 1.29 is 19.8 Å². The number of hydrogen-bond acceptors (Lipinski definition) is 5. The Balaban J connectivity index is 0.000000243. The third-order valence-electron chi connectivity index (χ3n) is 0.651. The lowest BCUT2D eigenvalue weighted by atomic mass is 10.5. The Morgan fingerprint density at radius 2 is 1.77 bits per heavy atom. The quantitative estimate of drug-likeness (QED) is 0.666. The van der Waals surface area contributed by atoms with Crippen LogP contribution < -0.4 is 0 Å². The van der Waals surface area contributed by atoms with Crippen LogP contribution >= 0.6 is 11.5 Å². The summed E-state index contributed by atoms with van der Waals surface area (Å²) in [6.45, 7) is 0. The SMILES string of the molecule is O=C(O)C=CC(=O)O.c1csnn1. The summed E-state index contributed by atoms with van der Waals surface area (Å²) < 4.78 is 3.51. The van der Waals surface area contributed by atoms with E-state index in [4.69, 9.17) is 10.2 Å². The van der Waals surface area contributed by atoms with Crippen LogP contribution in [0.2, 0.25) is 0 Å². The molecule has 1 rings (SSSR count). The molecule has 13 heavy (non-hydrogen) atoms. The molecule has 7 heteroatoms. The maximum absolute atomic E-state index is 9.55. The average Bonchev–Trinajstić information content (AvgIpc) is 2.57. The van der Waals surface area contributed by atoms with Gasteiger partial charge in [-0.15, -0.1) is 5.10 Å². The highest BCUT2D eigenvalue weighted by molar-refractivity contribution is 7.03. The third kappa shape index (κ3) is 10.2. The molecule has 0 aliphatic carbocycles. The van der Waals surface area contributed by atoms with Gasteiger partial charge in [0.15, 0.2) is 0 Å². The number of aromatic nitrogens is 2. The topological polar surface area (TPSA) is 100 Å². The molecule has 0 aromatic carbocycles. The average molecular weight is 202 g/mol. The van der Waals surface area contributed by atoms with E-state index in [1.54, 1.807) is 6.20 Å². The molecule has 0 fully saturated rings. The van der Waals surface area contributed by atoms with Gasteiger partial charge in [-0.1, -0.05) is 4.49 Å². The van der Waals surface area contributed by atoms with Gasteiger partial charge in [0.1, 0.15) is 0 Å². The van der Waals surface area contributed by atoms with Crippen molar-refractivity contribution in [2.45, 2.75) is 0 Å². The van der Waals surface area contributed by atoms with Gasteiger partial charge in [-0.2, -0.15) is 0 Å². The molecule has 1 heterocycles. The minimum Gasteiger partial charge on any atom is -0.478 e. The molecule has 0 saturated carbocycles. The zero-order valence-electron chi connectivity index (χ0n) is 6.32. The number of nitrogens with zero attached hydrogens (tertiary/aromatic N) is 2. The van der Waals surface area contributed by atoms with E-state index in [9.17, 15) is 9.59 Å². The first-order chi connectivity index (χ1) is 6.13. The summed E-state index contributed by atoms with van der Waals surface area (Å²) >= 11 is 1.35. The first-order valence-corrected chi connectivity index (χ1v) is 3.81. The summed E-state index contributed by atoms with van der Waals surface area (Å²) in [5.41, 5.74) is 0. The van der Waals surface area contributed by atoms with Crippen LogP contribution in [0.4, 0.5) is 0 Å². The molecule has 0 unspecified atom stereocenters. The molecule has 1 aromatic heterocycles. The standard InChI is InChI=1S/C4H4O4.C2H2N2S/c5-3(6)1-2-4(7)8;1-2-5-4-3-1/h1-2H,(H,5,6)(H,7,8);1-2H. The van der Waals surface area contributed by atoms with Crippen molar-refractivity contribution in [2.75, 3.05) is 0 Å². The summed E-state index contributed by atoms with van der Waals surface area (Å²) in [4.78, 5) is 19.1. The smallest absolute Gasteiger partial charge is 0.328 e. The predicted octanol–water partition coefficient (Wildman–Crippen LogP) is 0.250. The first-order valence-electron chi connectivity index (χ1n) is 2.98. The van der Waals surface area contributed by atoms with Crippen LogP contribution in [0.5, 0.6) is 0 Å². The molecule has 70 valence electrons. The number of rotatable bonds is 2. The molecule has 0 aliphatic heterocycles. The second-order valence-corrected chi connectivity index (χ2v) is 2.24. The Labute approximate surface area is 77.3 Å². The van der Waals surface area contributed by atoms with E-state index in [0.717, 1.165) is 0 Å². The Bertz CT molecular complexity index is 250. The number of hydrogen-bond donors (Lipinski definition) is 2. The molecule has 0 radical (unpaired) electrons. The second kappa shape index (κ2) is 6.92. The van der Waals surface area contributed by atoms with Crippen molar-refractivity contribution in [1.82, 2.24) is 9.59 Å². The molecule has 0 amide bonds. The summed E-state index contributed by atoms with van der Waals surface area (Å²) in [6, 6.07) is 0. The van der Waals surface area contributed by atoms with Crippen LogP contribution in [0.1, 0.15) is 0 Å².